The quantitative estimate of drug-likeness (QED) is 0.802. The van der Waals surface area contributed by atoms with Gasteiger partial charge in [0.15, 0.2) is 0 Å². The molecule has 1 aromatic rings. The molecule has 1 aromatic carbocycles. The van der Waals surface area contributed by atoms with E-state index in [9.17, 15) is 8.42 Å². The second-order valence-corrected chi connectivity index (χ2v) is 7.80. The second kappa shape index (κ2) is 5.64. The summed E-state index contributed by atoms with van der Waals surface area (Å²) in [5, 5.41) is 0. The number of rotatable bonds is 4. The molecule has 3 rings (SSSR count). The summed E-state index contributed by atoms with van der Waals surface area (Å²) in [5.41, 5.74) is 6.20. The van der Waals surface area contributed by atoms with Gasteiger partial charge in [-0.05, 0) is 37.9 Å². The third-order valence-electron chi connectivity index (χ3n) is 4.36. The summed E-state index contributed by atoms with van der Waals surface area (Å²) in [6.45, 7) is 2.07. The van der Waals surface area contributed by atoms with Gasteiger partial charge in [-0.2, -0.15) is 0 Å². The Morgan fingerprint density at radius 3 is 2.62 bits per heavy atom. The van der Waals surface area contributed by atoms with Crippen molar-refractivity contribution in [1.29, 1.82) is 0 Å². The molecule has 0 bridgehead atoms. The van der Waals surface area contributed by atoms with Crippen LogP contribution in [0.1, 0.15) is 24.8 Å². The lowest BCUT2D eigenvalue weighted by molar-refractivity contribution is 0.309. The Kier molecular flexibility index (Phi) is 4.00. The average Bonchev–Trinajstić information content (AvgIpc) is 3.04. The van der Waals surface area contributed by atoms with E-state index in [4.69, 9.17) is 18.0 Å². The van der Waals surface area contributed by atoms with E-state index in [1.54, 1.807) is 24.3 Å². The Balaban J connectivity index is 1.76. The van der Waals surface area contributed by atoms with Gasteiger partial charge in [0, 0.05) is 24.2 Å². The smallest absolute Gasteiger partial charge is 0.240 e. The molecule has 2 unspecified atom stereocenters. The maximum atomic E-state index is 12.5. The highest BCUT2D eigenvalue weighted by atomic mass is 32.2. The summed E-state index contributed by atoms with van der Waals surface area (Å²) in [6.07, 6.45) is 3.12. The highest BCUT2D eigenvalue weighted by molar-refractivity contribution is 7.89. The van der Waals surface area contributed by atoms with E-state index in [0.29, 0.717) is 11.6 Å². The molecule has 2 fully saturated rings. The molecule has 2 saturated heterocycles. The van der Waals surface area contributed by atoms with Crippen molar-refractivity contribution in [3.05, 3.63) is 29.8 Å². The Labute approximate surface area is 130 Å². The lowest BCUT2D eigenvalue weighted by atomic mass is 10.1. The Morgan fingerprint density at radius 1 is 1.24 bits per heavy atom. The number of nitrogens with one attached hydrogen (secondary N) is 1. The van der Waals surface area contributed by atoms with Crippen LogP contribution in [0.2, 0.25) is 0 Å². The number of nitrogens with two attached hydrogens (primary N) is 1. The number of hydrogen-bond donors (Lipinski definition) is 2. The number of hydrogen-bond acceptors (Lipinski definition) is 4. The molecule has 0 saturated carbocycles. The van der Waals surface area contributed by atoms with Crippen LogP contribution in [0, 0.1) is 0 Å². The molecule has 3 N–H and O–H groups in total. The molecule has 0 spiro atoms. The van der Waals surface area contributed by atoms with Crippen LogP contribution in [0.4, 0.5) is 0 Å². The van der Waals surface area contributed by atoms with Crippen LogP contribution in [0.25, 0.3) is 0 Å². The van der Waals surface area contributed by atoms with Crippen molar-refractivity contribution in [3.8, 4) is 0 Å². The van der Waals surface area contributed by atoms with E-state index in [1.165, 1.54) is 0 Å². The van der Waals surface area contributed by atoms with Crippen LogP contribution < -0.4 is 10.5 Å². The number of nitrogens with zero attached hydrogens (tertiary/aromatic N) is 1. The topological polar surface area (TPSA) is 75.4 Å². The summed E-state index contributed by atoms with van der Waals surface area (Å²) in [5.74, 6) is 0. The van der Waals surface area contributed by atoms with Crippen LogP contribution in [0.5, 0.6) is 0 Å². The van der Waals surface area contributed by atoms with E-state index in [1.807, 2.05) is 0 Å². The van der Waals surface area contributed by atoms with Crippen molar-refractivity contribution < 1.29 is 8.42 Å². The monoisotopic (exact) mass is 325 g/mol. The fraction of sp³-hybridized carbons (Fsp3) is 0.500. The molecule has 7 heteroatoms. The van der Waals surface area contributed by atoms with Crippen molar-refractivity contribution >= 4 is 27.2 Å². The molecule has 2 aliphatic heterocycles. The third kappa shape index (κ3) is 2.96. The molecule has 0 amide bonds. The van der Waals surface area contributed by atoms with Crippen LogP contribution in [0.15, 0.2) is 29.2 Å². The summed E-state index contributed by atoms with van der Waals surface area (Å²) in [6, 6.07) is 6.78. The minimum atomic E-state index is -3.49. The van der Waals surface area contributed by atoms with E-state index in [2.05, 4.69) is 9.62 Å². The molecule has 21 heavy (non-hydrogen) atoms. The summed E-state index contributed by atoms with van der Waals surface area (Å²) < 4.78 is 27.8. The lowest BCUT2D eigenvalue weighted by Crippen LogP contribution is -2.42. The first-order valence-corrected chi connectivity index (χ1v) is 9.03. The summed E-state index contributed by atoms with van der Waals surface area (Å²) in [4.78, 5) is 2.91. The SMILES string of the molecule is NC(=S)c1ccc(S(=O)(=O)NC2CCN3CCCC23)cc1. The first kappa shape index (κ1) is 14.9. The molecule has 0 radical (unpaired) electrons. The normalized spacial score (nSPS) is 25.9. The minimum Gasteiger partial charge on any atom is -0.389 e. The van der Waals surface area contributed by atoms with Gasteiger partial charge in [-0.25, -0.2) is 13.1 Å². The van der Waals surface area contributed by atoms with Crippen LogP contribution in [-0.2, 0) is 10.0 Å². The van der Waals surface area contributed by atoms with Crippen molar-refractivity contribution in [2.45, 2.75) is 36.2 Å². The standard InChI is InChI=1S/C14H19N3O2S2/c15-14(20)10-3-5-11(6-4-10)21(18,19)16-12-7-9-17-8-1-2-13(12)17/h3-6,12-13,16H,1-2,7-9H2,(H2,15,20). The second-order valence-electron chi connectivity index (χ2n) is 5.65. The Hall–Kier alpha value is -1.02. The number of thiocarbonyl (C=S) groups is 1. The van der Waals surface area contributed by atoms with Crippen molar-refractivity contribution in [3.63, 3.8) is 0 Å². The molecule has 0 aliphatic carbocycles. The predicted molar refractivity (Wildman–Crippen MR) is 85.7 cm³/mol. The van der Waals surface area contributed by atoms with Gasteiger partial charge >= 0.3 is 0 Å². The largest absolute Gasteiger partial charge is 0.389 e. The zero-order valence-corrected chi connectivity index (χ0v) is 13.3. The fourth-order valence-corrected chi connectivity index (χ4v) is 4.73. The van der Waals surface area contributed by atoms with Gasteiger partial charge in [0.05, 0.1) is 4.90 Å². The van der Waals surface area contributed by atoms with Gasteiger partial charge in [-0.3, -0.25) is 4.90 Å². The lowest BCUT2D eigenvalue weighted by Gasteiger charge is -2.21. The van der Waals surface area contributed by atoms with Gasteiger partial charge < -0.3 is 5.73 Å². The number of fused-ring (bicyclic) bond motifs is 1. The van der Waals surface area contributed by atoms with E-state index in [-0.39, 0.29) is 15.9 Å². The zero-order chi connectivity index (χ0) is 15.0. The van der Waals surface area contributed by atoms with E-state index < -0.39 is 10.0 Å². The summed E-state index contributed by atoms with van der Waals surface area (Å²) >= 11 is 4.87. The molecule has 2 atom stereocenters. The van der Waals surface area contributed by atoms with Crippen molar-refractivity contribution in [2.75, 3.05) is 13.1 Å². The maximum absolute atomic E-state index is 12.5. The van der Waals surface area contributed by atoms with Gasteiger partial charge in [-0.15, -0.1) is 0 Å². The van der Waals surface area contributed by atoms with Crippen LogP contribution >= 0.6 is 12.2 Å². The van der Waals surface area contributed by atoms with E-state index in [0.717, 1.165) is 32.4 Å². The first-order valence-electron chi connectivity index (χ1n) is 7.13. The zero-order valence-electron chi connectivity index (χ0n) is 11.7. The average molecular weight is 325 g/mol. The van der Waals surface area contributed by atoms with Gasteiger partial charge in [0.1, 0.15) is 4.99 Å². The maximum Gasteiger partial charge on any atom is 0.240 e. The highest BCUT2D eigenvalue weighted by Crippen LogP contribution is 2.28. The Morgan fingerprint density at radius 2 is 1.95 bits per heavy atom. The predicted octanol–water partition coefficient (Wildman–Crippen LogP) is 0.836. The molecule has 0 aromatic heterocycles. The highest BCUT2D eigenvalue weighted by Gasteiger charge is 2.39. The minimum absolute atomic E-state index is 0.0211. The molecule has 5 nitrogen and oxygen atoms in total. The fourth-order valence-electron chi connectivity index (χ4n) is 3.29. The third-order valence-corrected chi connectivity index (χ3v) is 6.10. The molecular weight excluding hydrogens is 306 g/mol. The summed E-state index contributed by atoms with van der Waals surface area (Å²) in [7, 11) is -3.49. The van der Waals surface area contributed by atoms with Gasteiger partial charge in [0.25, 0.3) is 0 Å². The number of sulfonamides is 1. The van der Waals surface area contributed by atoms with Gasteiger partial charge in [-0.1, -0.05) is 24.4 Å². The molecule has 2 aliphatic rings. The van der Waals surface area contributed by atoms with Crippen molar-refractivity contribution in [1.82, 2.24) is 9.62 Å². The van der Waals surface area contributed by atoms with Crippen LogP contribution in [0.3, 0.4) is 0 Å². The molecule has 2 heterocycles. The molecular formula is C14H19N3O2S2. The van der Waals surface area contributed by atoms with Crippen molar-refractivity contribution in [2.24, 2.45) is 5.73 Å². The van der Waals surface area contributed by atoms with Gasteiger partial charge in [0.2, 0.25) is 10.0 Å². The number of benzene rings is 1. The van der Waals surface area contributed by atoms with E-state index >= 15 is 0 Å². The van der Waals surface area contributed by atoms with Crippen LogP contribution in [-0.4, -0.2) is 43.5 Å². The Bertz CT molecular complexity index is 643. The first-order chi connectivity index (χ1) is 9.97. The molecule has 114 valence electrons.